The number of hydrogen-bond acceptors (Lipinski definition) is 5. The van der Waals surface area contributed by atoms with Crippen molar-refractivity contribution < 1.29 is 4.74 Å². The summed E-state index contributed by atoms with van der Waals surface area (Å²) in [5, 5.41) is 0. The molecule has 0 aliphatic carbocycles. The molecular weight excluding hydrogens is 318 g/mol. The Hall–Kier alpha value is -1.43. The van der Waals surface area contributed by atoms with Crippen molar-refractivity contribution in [1.29, 1.82) is 0 Å². The number of likely N-dealkylation sites (tertiary alicyclic amines) is 1. The van der Waals surface area contributed by atoms with Crippen LogP contribution in [0.1, 0.15) is 22.6 Å². The van der Waals surface area contributed by atoms with Gasteiger partial charge in [0.25, 0.3) is 0 Å². The first-order chi connectivity index (χ1) is 11.8. The molecule has 2 aliphatic rings. The van der Waals surface area contributed by atoms with Crippen LogP contribution in [0.15, 0.2) is 36.7 Å². The number of hydrogen-bond donors (Lipinski definition) is 0. The zero-order chi connectivity index (χ0) is 16.4. The lowest BCUT2D eigenvalue weighted by Gasteiger charge is -2.41. The van der Waals surface area contributed by atoms with Gasteiger partial charge in [0, 0.05) is 42.1 Å². The second-order valence-corrected chi connectivity index (χ2v) is 8.12. The Labute approximate surface area is 148 Å². The number of nitrogens with zero attached hydrogens (tertiary/aromatic N) is 3. The van der Waals surface area contributed by atoms with Gasteiger partial charge >= 0.3 is 0 Å². The second kappa shape index (κ2) is 7.21. The van der Waals surface area contributed by atoms with Crippen molar-refractivity contribution in [3.63, 3.8) is 0 Å². The maximum atomic E-state index is 6.13. The van der Waals surface area contributed by atoms with Crippen LogP contribution in [0.2, 0.25) is 0 Å². The molecule has 0 unspecified atom stereocenters. The van der Waals surface area contributed by atoms with Gasteiger partial charge in [-0.25, -0.2) is 0 Å². The SMILES string of the molecule is Cc1ccc(CN2CC[C@H]3OCCN(c4cccnc4)[C@H]3CC2)s1. The van der Waals surface area contributed by atoms with E-state index >= 15 is 0 Å². The number of pyridine rings is 1. The first-order valence-corrected chi connectivity index (χ1v) is 9.67. The highest BCUT2D eigenvalue weighted by Gasteiger charge is 2.34. The van der Waals surface area contributed by atoms with Crippen LogP contribution in [0.25, 0.3) is 0 Å². The molecule has 5 heteroatoms. The zero-order valence-electron chi connectivity index (χ0n) is 14.2. The van der Waals surface area contributed by atoms with Gasteiger partial charge in [0.2, 0.25) is 0 Å². The fourth-order valence-corrected chi connectivity index (χ4v) is 4.86. The summed E-state index contributed by atoms with van der Waals surface area (Å²) in [6, 6.07) is 9.17. The number of fused-ring (bicyclic) bond motifs is 1. The van der Waals surface area contributed by atoms with Crippen LogP contribution in [0.5, 0.6) is 0 Å². The van der Waals surface area contributed by atoms with Crippen LogP contribution in [-0.2, 0) is 11.3 Å². The van der Waals surface area contributed by atoms with E-state index in [0.29, 0.717) is 12.1 Å². The molecule has 2 aliphatic heterocycles. The molecule has 0 bridgehead atoms. The molecule has 4 rings (SSSR count). The standard InChI is InChI=1S/C19H25N3OS/c1-15-4-5-17(24-15)14-21-9-6-18-19(7-10-21)23-12-11-22(18)16-3-2-8-20-13-16/h2-5,8,13,18-19H,6-7,9-12,14H2,1H3/t18-,19+/m0/s1. The molecule has 128 valence electrons. The van der Waals surface area contributed by atoms with Crippen molar-refractivity contribution >= 4 is 17.0 Å². The zero-order valence-corrected chi connectivity index (χ0v) is 15.0. The largest absolute Gasteiger partial charge is 0.374 e. The summed E-state index contributed by atoms with van der Waals surface area (Å²) in [6.07, 6.45) is 6.45. The summed E-state index contributed by atoms with van der Waals surface area (Å²) in [7, 11) is 0. The van der Waals surface area contributed by atoms with Gasteiger partial charge in [0.05, 0.1) is 30.6 Å². The van der Waals surface area contributed by atoms with E-state index in [4.69, 9.17) is 4.74 Å². The fourth-order valence-electron chi connectivity index (χ4n) is 3.93. The lowest BCUT2D eigenvalue weighted by Crippen LogP contribution is -2.51. The minimum Gasteiger partial charge on any atom is -0.374 e. The average Bonchev–Trinajstić information content (AvgIpc) is 2.91. The maximum absolute atomic E-state index is 6.13. The molecule has 2 aromatic heterocycles. The van der Waals surface area contributed by atoms with Gasteiger partial charge in [-0.15, -0.1) is 11.3 Å². The molecule has 0 saturated carbocycles. The first-order valence-electron chi connectivity index (χ1n) is 8.85. The van der Waals surface area contributed by atoms with Crippen LogP contribution in [-0.4, -0.2) is 48.3 Å². The van der Waals surface area contributed by atoms with E-state index in [2.05, 4.69) is 39.9 Å². The van der Waals surface area contributed by atoms with Gasteiger partial charge in [-0.2, -0.15) is 0 Å². The van der Waals surface area contributed by atoms with E-state index < -0.39 is 0 Å². The van der Waals surface area contributed by atoms with Crippen LogP contribution in [0.3, 0.4) is 0 Å². The van der Waals surface area contributed by atoms with E-state index in [0.717, 1.165) is 45.6 Å². The normalized spacial score (nSPS) is 25.3. The van der Waals surface area contributed by atoms with E-state index in [1.165, 1.54) is 15.4 Å². The minimum atomic E-state index is 0.342. The number of aromatic nitrogens is 1. The number of anilines is 1. The Bertz CT molecular complexity index is 660. The number of morpholine rings is 1. The van der Waals surface area contributed by atoms with Crippen molar-refractivity contribution in [3.05, 3.63) is 46.4 Å². The molecule has 0 N–H and O–H groups in total. The third-order valence-corrected chi connectivity index (χ3v) is 6.10. The smallest absolute Gasteiger partial charge is 0.0791 e. The number of aryl methyl sites for hydroxylation is 1. The Balaban J connectivity index is 1.45. The van der Waals surface area contributed by atoms with Gasteiger partial charge in [-0.3, -0.25) is 9.88 Å². The molecule has 2 aromatic rings. The lowest BCUT2D eigenvalue weighted by atomic mass is 10.0. The molecule has 24 heavy (non-hydrogen) atoms. The molecule has 2 atom stereocenters. The number of ether oxygens (including phenoxy) is 1. The molecular formula is C19H25N3OS. The monoisotopic (exact) mass is 343 g/mol. The summed E-state index contributed by atoms with van der Waals surface area (Å²) in [4.78, 5) is 12.3. The molecule has 0 spiro atoms. The second-order valence-electron chi connectivity index (χ2n) is 6.75. The maximum Gasteiger partial charge on any atom is 0.0791 e. The van der Waals surface area contributed by atoms with Crippen molar-refractivity contribution in [2.75, 3.05) is 31.1 Å². The first kappa shape index (κ1) is 16.1. The molecule has 2 saturated heterocycles. The molecule has 2 fully saturated rings. The average molecular weight is 343 g/mol. The Kier molecular flexibility index (Phi) is 4.83. The molecule has 0 aromatic carbocycles. The summed E-state index contributed by atoms with van der Waals surface area (Å²) in [6.45, 7) is 7.31. The van der Waals surface area contributed by atoms with Crippen molar-refractivity contribution in [2.45, 2.75) is 38.5 Å². The Morgan fingerprint density at radius 3 is 2.92 bits per heavy atom. The third kappa shape index (κ3) is 3.48. The minimum absolute atomic E-state index is 0.342. The van der Waals surface area contributed by atoms with Crippen molar-refractivity contribution in [1.82, 2.24) is 9.88 Å². The lowest BCUT2D eigenvalue weighted by molar-refractivity contribution is 0.00894. The van der Waals surface area contributed by atoms with Gasteiger partial charge in [0.15, 0.2) is 0 Å². The topological polar surface area (TPSA) is 28.6 Å². The highest BCUT2D eigenvalue weighted by molar-refractivity contribution is 7.11. The van der Waals surface area contributed by atoms with Crippen LogP contribution >= 0.6 is 11.3 Å². The van der Waals surface area contributed by atoms with Gasteiger partial charge < -0.3 is 9.64 Å². The van der Waals surface area contributed by atoms with Gasteiger partial charge in [0.1, 0.15) is 0 Å². The van der Waals surface area contributed by atoms with Gasteiger partial charge in [-0.05, 0) is 44.0 Å². The third-order valence-electron chi connectivity index (χ3n) is 5.12. The quantitative estimate of drug-likeness (QED) is 0.855. The van der Waals surface area contributed by atoms with E-state index in [-0.39, 0.29) is 0 Å². The predicted octanol–water partition coefficient (Wildman–Crippen LogP) is 3.32. The van der Waals surface area contributed by atoms with E-state index in [1.54, 1.807) is 0 Å². The Morgan fingerprint density at radius 1 is 1.21 bits per heavy atom. The summed E-state index contributed by atoms with van der Waals surface area (Å²) in [5.41, 5.74) is 1.23. The summed E-state index contributed by atoms with van der Waals surface area (Å²) in [5.74, 6) is 0. The van der Waals surface area contributed by atoms with E-state index in [9.17, 15) is 0 Å². The van der Waals surface area contributed by atoms with Crippen LogP contribution < -0.4 is 4.90 Å². The van der Waals surface area contributed by atoms with Crippen molar-refractivity contribution in [3.8, 4) is 0 Å². The van der Waals surface area contributed by atoms with E-state index in [1.807, 2.05) is 29.8 Å². The molecule has 0 radical (unpaired) electrons. The van der Waals surface area contributed by atoms with Crippen LogP contribution in [0, 0.1) is 6.92 Å². The molecule has 0 amide bonds. The highest BCUT2D eigenvalue weighted by atomic mass is 32.1. The van der Waals surface area contributed by atoms with Crippen molar-refractivity contribution in [2.24, 2.45) is 0 Å². The Morgan fingerprint density at radius 2 is 2.12 bits per heavy atom. The summed E-state index contributed by atoms with van der Waals surface area (Å²) < 4.78 is 6.13. The predicted molar refractivity (Wildman–Crippen MR) is 98.7 cm³/mol. The highest BCUT2D eigenvalue weighted by Crippen LogP contribution is 2.29. The molecule has 4 heterocycles. The number of rotatable bonds is 3. The van der Waals surface area contributed by atoms with Gasteiger partial charge in [-0.1, -0.05) is 0 Å². The molecule has 4 nitrogen and oxygen atoms in total. The summed E-state index contributed by atoms with van der Waals surface area (Å²) >= 11 is 1.92. The van der Waals surface area contributed by atoms with Crippen LogP contribution in [0.4, 0.5) is 5.69 Å². The number of thiophene rings is 1. The fraction of sp³-hybridized carbons (Fsp3) is 0.526.